The van der Waals surface area contributed by atoms with E-state index in [2.05, 4.69) is 10.3 Å². The van der Waals surface area contributed by atoms with Crippen LogP contribution in [0.25, 0.3) is 6.08 Å². The molecule has 2 aromatic rings. The predicted molar refractivity (Wildman–Crippen MR) is 71.4 cm³/mol. The maximum absolute atomic E-state index is 11.9. The highest BCUT2D eigenvalue weighted by Gasteiger charge is 2.21. The molecule has 3 rings (SSSR count). The average Bonchev–Trinajstić information content (AvgIpc) is 2.83. The van der Waals surface area contributed by atoms with Crippen molar-refractivity contribution in [2.24, 2.45) is 0 Å². The zero-order chi connectivity index (χ0) is 12.5. The standard InChI is InChI=1S/C13H10N2O2S/c16-9-3-4-10-11(7-9)18-12(13(17)15-10)6-8-2-1-5-14-8/h1-7,14,16H,(H,15,17)/b12-6-. The third-order valence-electron chi connectivity index (χ3n) is 2.57. The molecule has 2 heterocycles. The SMILES string of the molecule is O=C1Nc2ccc(O)cc2S/C1=C\c1ccc[nH]1. The van der Waals surface area contributed by atoms with Crippen LogP contribution in [0.5, 0.6) is 5.75 Å². The van der Waals surface area contributed by atoms with Gasteiger partial charge in [0.15, 0.2) is 0 Å². The first-order valence-electron chi connectivity index (χ1n) is 5.40. The topological polar surface area (TPSA) is 65.1 Å². The molecule has 0 atom stereocenters. The fourth-order valence-electron chi connectivity index (χ4n) is 1.72. The second-order valence-electron chi connectivity index (χ2n) is 3.87. The normalized spacial score (nSPS) is 16.4. The molecular weight excluding hydrogens is 248 g/mol. The van der Waals surface area contributed by atoms with Crippen molar-refractivity contribution in [3.63, 3.8) is 0 Å². The second-order valence-corrected chi connectivity index (χ2v) is 4.95. The number of amides is 1. The third-order valence-corrected chi connectivity index (χ3v) is 3.65. The molecule has 0 bridgehead atoms. The number of phenolic OH excluding ortho intramolecular Hbond substituents is 1. The summed E-state index contributed by atoms with van der Waals surface area (Å²) in [4.78, 5) is 16.3. The lowest BCUT2D eigenvalue weighted by molar-refractivity contribution is -0.112. The van der Waals surface area contributed by atoms with Crippen molar-refractivity contribution in [2.75, 3.05) is 5.32 Å². The number of thioether (sulfide) groups is 1. The molecule has 0 radical (unpaired) electrons. The minimum Gasteiger partial charge on any atom is -0.508 e. The summed E-state index contributed by atoms with van der Waals surface area (Å²) in [7, 11) is 0. The molecule has 3 N–H and O–H groups in total. The fraction of sp³-hybridized carbons (Fsp3) is 0. The van der Waals surface area contributed by atoms with Gasteiger partial charge in [-0.25, -0.2) is 0 Å². The van der Waals surface area contributed by atoms with Crippen LogP contribution in [0.4, 0.5) is 5.69 Å². The van der Waals surface area contributed by atoms with Gasteiger partial charge in [0.25, 0.3) is 5.91 Å². The number of hydrogen-bond acceptors (Lipinski definition) is 3. The summed E-state index contributed by atoms with van der Waals surface area (Å²) >= 11 is 1.35. The van der Waals surface area contributed by atoms with Gasteiger partial charge >= 0.3 is 0 Å². The van der Waals surface area contributed by atoms with E-state index >= 15 is 0 Å². The molecule has 0 unspecified atom stereocenters. The number of aromatic nitrogens is 1. The number of aromatic amines is 1. The maximum Gasteiger partial charge on any atom is 0.262 e. The van der Waals surface area contributed by atoms with E-state index in [1.807, 2.05) is 12.1 Å². The van der Waals surface area contributed by atoms with Gasteiger partial charge in [0.05, 0.1) is 10.6 Å². The molecule has 18 heavy (non-hydrogen) atoms. The Bertz CT molecular complexity index is 632. The number of phenols is 1. The number of benzene rings is 1. The molecule has 1 aliphatic rings. The number of hydrogen-bond donors (Lipinski definition) is 3. The van der Waals surface area contributed by atoms with Crippen molar-refractivity contribution in [3.05, 3.63) is 47.1 Å². The Hall–Kier alpha value is -2.14. The first-order valence-corrected chi connectivity index (χ1v) is 6.21. The van der Waals surface area contributed by atoms with E-state index in [0.29, 0.717) is 4.91 Å². The van der Waals surface area contributed by atoms with E-state index in [0.717, 1.165) is 16.3 Å². The summed E-state index contributed by atoms with van der Waals surface area (Å²) in [6.07, 6.45) is 3.59. The highest BCUT2D eigenvalue weighted by Crippen LogP contribution is 2.40. The largest absolute Gasteiger partial charge is 0.508 e. The minimum atomic E-state index is -0.132. The summed E-state index contributed by atoms with van der Waals surface area (Å²) in [5, 5.41) is 12.2. The van der Waals surface area contributed by atoms with E-state index in [1.165, 1.54) is 11.8 Å². The lowest BCUT2D eigenvalue weighted by atomic mass is 10.3. The molecule has 1 amide bonds. The summed E-state index contributed by atoms with van der Waals surface area (Å²) in [5.74, 6) is 0.0596. The molecule has 4 nitrogen and oxygen atoms in total. The van der Waals surface area contributed by atoms with Crippen molar-refractivity contribution < 1.29 is 9.90 Å². The number of carbonyl (C=O) groups is 1. The highest BCUT2D eigenvalue weighted by molar-refractivity contribution is 8.04. The van der Waals surface area contributed by atoms with Gasteiger partial charge in [-0.05, 0) is 36.4 Å². The summed E-state index contributed by atoms with van der Waals surface area (Å²) < 4.78 is 0. The molecule has 0 saturated carbocycles. The average molecular weight is 258 g/mol. The molecule has 1 aromatic heterocycles. The van der Waals surface area contributed by atoms with Crippen LogP contribution in [0.1, 0.15) is 5.69 Å². The Morgan fingerprint density at radius 1 is 1.28 bits per heavy atom. The molecule has 1 aliphatic heterocycles. The van der Waals surface area contributed by atoms with Gasteiger partial charge in [0.2, 0.25) is 0 Å². The third kappa shape index (κ3) is 2.00. The number of nitrogens with one attached hydrogen (secondary N) is 2. The van der Waals surface area contributed by atoms with Crippen LogP contribution in [0.15, 0.2) is 46.3 Å². The smallest absolute Gasteiger partial charge is 0.262 e. The lowest BCUT2D eigenvalue weighted by Crippen LogP contribution is -2.17. The zero-order valence-corrected chi connectivity index (χ0v) is 10.1. The van der Waals surface area contributed by atoms with Crippen molar-refractivity contribution in [2.45, 2.75) is 4.90 Å². The lowest BCUT2D eigenvalue weighted by Gasteiger charge is -2.18. The van der Waals surface area contributed by atoms with Gasteiger partial charge in [0.1, 0.15) is 5.75 Å². The Kier molecular flexibility index (Phi) is 2.60. The number of carbonyl (C=O) groups excluding carboxylic acids is 1. The summed E-state index contributed by atoms with van der Waals surface area (Å²) in [6, 6.07) is 8.65. The second kappa shape index (κ2) is 4.27. The van der Waals surface area contributed by atoms with E-state index in [4.69, 9.17) is 0 Å². The van der Waals surface area contributed by atoms with E-state index in [9.17, 15) is 9.90 Å². The van der Waals surface area contributed by atoms with Gasteiger partial charge < -0.3 is 15.4 Å². The molecule has 0 fully saturated rings. The van der Waals surface area contributed by atoms with Gasteiger partial charge in [0, 0.05) is 16.8 Å². The molecular formula is C13H10N2O2S. The van der Waals surface area contributed by atoms with Gasteiger partial charge in [-0.2, -0.15) is 0 Å². The molecule has 0 spiro atoms. The highest BCUT2D eigenvalue weighted by atomic mass is 32.2. The van der Waals surface area contributed by atoms with Gasteiger partial charge in [-0.15, -0.1) is 0 Å². The van der Waals surface area contributed by atoms with E-state index in [-0.39, 0.29) is 11.7 Å². The first kappa shape index (κ1) is 11.0. The van der Waals surface area contributed by atoms with Crippen molar-refractivity contribution in [3.8, 4) is 5.75 Å². The van der Waals surface area contributed by atoms with Crippen LogP contribution in [0.2, 0.25) is 0 Å². The zero-order valence-electron chi connectivity index (χ0n) is 9.31. The van der Waals surface area contributed by atoms with E-state index in [1.54, 1.807) is 30.5 Å². The molecule has 5 heteroatoms. The summed E-state index contributed by atoms with van der Waals surface area (Å²) in [6.45, 7) is 0. The number of fused-ring (bicyclic) bond motifs is 1. The quantitative estimate of drug-likeness (QED) is 0.544. The number of H-pyrrole nitrogens is 1. The molecule has 0 aliphatic carbocycles. The Balaban J connectivity index is 1.98. The first-order chi connectivity index (χ1) is 8.72. The fourth-order valence-corrected chi connectivity index (χ4v) is 2.69. The number of rotatable bonds is 1. The molecule has 0 saturated heterocycles. The van der Waals surface area contributed by atoms with Crippen LogP contribution < -0.4 is 5.32 Å². The number of anilines is 1. The Morgan fingerprint density at radius 3 is 2.94 bits per heavy atom. The minimum absolute atomic E-state index is 0.132. The Labute approximate surface area is 108 Å². The van der Waals surface area contributed by atoms with E-state index < -0.39 is 0 Å². The van der Waals surface area contributed by atoms with Crippen LogP contribution >= 0.6 is 11.8 Å². The van der Waals surface area contributed by atoms with Crippen molar-refractivity contribution in [1.29, 1.82) is 0 Å². The maximum atomic E-state index is 11.9. The van der Waals surface area contributed by atoms with Crippen LogP contribution in [0.3, 0.4) is 0 Å². The van der Waals surface area contributed by atoms with Crippen molar-refractivity contribution in [1.82, 2.24) is 4.98 Å². The molecule has 1 aromatic carbocycles. The van der Waals surface area contributed by atoms with Crippen LogP contribution in [0, 0.1) is 0 Å². The van der Waals surface area contributed by atoms with Crippen LogP contribution in [-0.2, 0) is 4.79 Å². The number of aromatic hydroxyl groups is 1. The molecule has 90 valence electrons. The Morgan fingerprint density at radius 2 is 2.17 bits per heavy atom. The van der Waals surface area contributed by atoms with Crippen LogP contribution in [-0.4, -0.2) is 16.0 Å². The van der Waals surface area contributed by atoms with Gasteiger partial charge in [-0.1, -0.05) is 11.8 Å². The van der Waals surface area contributed by atoms with Crippen molar-refractivity contribution >= 4 is 29.4 Å². The predicted octanol–water partition coefficient (Wildman–Crippen LogP) is 2.81. The summed E-state index contributed by atoms with van der Waals surface area (Å²) in [5.41, 5.74) is 1.60. The monoisotopic (exact) mass is 258 g/mol. The van der Waals surface area contributed by atoms with Gasteiger partial charge in [-0.3, -0.25) is 4.79 Å².